The van der Waals surface area contributed by atoms with Crippen LogP contribution in [0.3, 0.4) is 0 Å². The van der Waals surface area contributed by atoms with Gasteiger partial charge in [0, 0.05) is 22.6 Å². The van der Waals surface area contributed by atoms with Gasteiger partial charge >= 0.3 is 0 Å². The molecule has 0 amide bonds. The van der Waals surface area contributed by atoms with Crippen molar-refractivity contribution in [1.29, 1.82) is 0 Å². The van der Waals surface area contributed by atoms with Gasteiger partial charge in [0.15, 0.2) is 0 Å². The van der Waals surface area contributed by atoms with E-state index in [1.165, 1.54) is 41.4 Å². The summed E-state index contributed by atoms with van der Waals surface area (Å²) in [7, 11) is 1.73. The Balaban J connectivity index is 2.08. The van der Waals surface area contributed by atoms with Crippen LogP contribution in [-0.4, -0.2) is 18.6 Å². The molecule has 1 fully saturated rings. The van der Waals surface area contributed by atoms with Gasteiger partial charge in [0.25, 0.3) is 0 Å². The second kappa shape index (κ2) is 5.25. The molecular weight excluding hydrogens is 236 g/mol. The summed E-state index contributed by atoms with van der Waals surface area (Å²) in [6.45, 7) is 3.36. The summed E-state index contributed by atoms with van der Waals surface area (Å²) in [5.74, 6) is 0.935. The highest BCUT2D eigenvalue weighted by Gasteiger charge is 2.21. The molecule has 2 heterocycles. The SMILES string of the molecule is CCc1c(C2CCCCN2)[nH]c2ccc(OC)cc12. The maximum atomic E-state index is 5.35. The van der Waals surface area contributed by atoms with Crippen molar-refractivity contribution in [2.45, 2.75) is 38.6 Å². The average Bonchev–Trinajstić information content (AvgIpc) is 2.85. The predicted octanol–water partition coefficient (Wildman–Crippen LogP) is 3.55. The molecule has 1 aromatic carbocycles. The molecule has 102 valence electrons. The molecule has 1 unspecified atom stereocenters. The maximum absolute atomic E-state index is 5.35. The zero-order valence-corrected chi connectivity index (χ0v) is 11.8. The Bertz CT molecular complexity index is 567. The van der Waals surface area contributed by atoms with Gasteiger partial charge in [-0.1, -0.05) is 13.3 Å². The summed E-state index contributed by atoms with van der Waals surface area (Å²) < 4.78 is 5.35. The van der Waals surface area contributed by atoms with E-state index in [-0.39, 0.29) is 0 Å². The third-order valence-electron chi connectivity index (χ3n) is 4.16. The van der Waals surface area contributed by atoms with Gasteiger partial charge in [0.2, 0.25) is 0 Å². The number of aromatic nitrogens is 1. The minimum absolute atomic E-state index is 0.488. The molecule has 1 aliphatic heterocycles. The summed E-state index contributed by atoms with van der Waals surface area (Å²) in [5.41, 5.74) is 4.04. The summed E-state index contributed by atoms with van der Waals surface area (Å²) in [5, 5.41) is 4.95. The molecule has 3 rings (SSSR count). The van der Waals surface area contributed by atoms with E-state index in [0.29, 0.717) is 6.04 Å². The van der Waals surface area contributed by atoms with Crippen LogP contribution in [0.15, 0.2) is 18.2 Å². The number of ether oxygens (including phenoxy) is 1. The molecule has 3 nitrogen and oxygen atoms in total. The van der Waals surface area contributed by atoms with Gasteiger partial charge in [-0.2, -0.15) is 0 Å². The number of fused-ring (bicyclic) bond motifs is 1. The number of piperidine rings is 1. The molecule has 1 saturated heterocycles. The standard InChI is InChI=1S/C16H22N2O/c1-3-12-13-10-11(19-2)7-8-14(13)18-16(12)15-6-4-5-9-17-15/h7-8,10,15,17-18H,3-6,9H2,1-2H3. The summed E-state index contributed by atoms with van der Waals surface area (Å²) >= 11 is 0. The van der Waals surface area contributed by atoms with E-state index in [1.807, 2.05) is 6.07 Å². The van der Waals surface area contributed by atoms with Gasteiger partial charge in [-0.15, -0.1) is 0 Å². The zero-order chi connectivity index (χ0) is 13.2. The lowest BCUT2D eigenvalue weighted by Crippen LogP contribution is -2.27. The van der Waals surface area contributed by atoms with Gasteiger partial charge in [-0.25, -0.2) is 0 Å². The minimum Gasteiger partial charge on any atom is -0.497 e. The van der Waals surface area contributed by atoms with E-state index < -0.39 is 0 Å². The molecule has 1 aromatic heterocycles. The van der Waals surface area contributed by atoms with Crippen molar-refractivity contribution in [1.82, 2.24) is 10.3 Å². The van der Waals surface area contributed by atoms with Crippen LogP contribution in [0.5, 0.6) is 5.75 Å². The number of benzene rings is 1. The molecule has 0 saturated carbocycles. The second-order valence-electron chi connectivity index (χ2n) is 5.28. The number of aromatic amines is 1. The van der Waals surface area contributed by atoms with Crippen molar-refractivity contribution in [3.05, 3.63) is 29.5 Å². The first kappa shape index (κ1) is 12.5. The molecule has 2 aromatic rings. The van der Waals surface area contributed by atoms with Gasteiger partial charge < -0.3 is 15.0 Å². The van der Waals surface area contributed by atoms with Gasteiger partial charge in [-0.3, -0.25) is 0 Å². The lowest BCUT2D eigenvalue weighted by molar-refractivity contribution is 0.405. The first-order valence-electron chi connectivity index (χ1n) is 7.25. The molecule has 0 radical (unpaired) electrons. The Morgan fingerprint density at radius 3 is 2.89 bits per heavy atom. The Morgan fingerprint density at radius 1 is 1.32 bits per heavy atom. The van der Waals surface area contributed by atoms with E-state index in [4.69, 9.17) is 4.74 Å². The Hall–Kier alpha value is -1.48. The third kappa shape index (κ3) is 2.23. The number of hydrogen-bond acceptors (Lipinski definition) is 2. The average molecular weight is 258 g/mol. The smallest absolute Gasteiger partial charge is 0.119 e. The topological polar surface area (TPSA) is 37.0 Å². The molecule has 1 atom stereocenters. The lowest BCUT2D eigenvalue weighted by atomic mass is 9.97. The maximum Gasteiger partial charge on any atom is 0.119 e. The molecule has 19 heavy (non-hydrogen) atoms. The van der Waals surface area contributed by atoms with E-state index in [1.54, 1.807) is 7.11 Å². The highest BCUT2D eigenvalue weighted by molar-refractivity contribution is 5.86. The lowest BCUT2D eigenvalue weighted by Gasteiger charge is -2.23. The first-order chi connectivity index (χ1) is 9.33. The van der Waals surface area contributed by atoms with E-state index >= 15 is 0 Å². The largest absolute Gasteiger partial charge is 0.497 e. The van der Waals surface area contributed by atoms with E-state index in [9.17, 15) is 0 Å². The van der Waals surface area contributed by atoms with Crippen molar-refractivity contribution in [3.63, 3.8) is 0 Å². The monoisotopic (exact) mass is 258 g/mol. The summed E-state index contributed by atoms with van der Waals surface area (Å²) in [6, 6.07) is 6.79. The van der Waals surface area contributed by atoms with E-state index in [2.05, 4.69) is 29.4 Å². The van der Waals surface area contributed by atoms with Crippen LogP contribution in [0.2, 0.25) is 0 Å². The van der Waals surface area contributed by atoms with Crippen LogP contribution in [-0.2, 0) is 6.42 Å². The zero-order valence-electron chi connectivity index (χ0n) is 11.8. The van der Waals surface area contributed by atoms with Crippen molar-refractivity contribution in [2.24, 2.45) is 0 Å². The number of hydrogen-bond donors (Lipinski definition) is 2. The number of nitrogens with one attached hydrogen (secondary N) is 2. The highest BCUT2D eigenvalue weighted by Crippen LogP contribution is 2.32. The molecular formula is C16H22N2O. The van der Waals surface area contributed by atoms with Crippen LogP contribution in [0.1, 0.15) is 43.5 Å². The fraction of sp³-hybridized carbons (Fsp3) is 0.500. The number of aryl methyl sites for hydroxylation is 1. The fourth-order valence-electron chi connectivity index (χ4n) is 3.15. The number of methoxy groups -OCH3 is 1. The minimum atomic E-state index is 0.488. The molecule has 3 heteroatoms. The molecule has 0 aliphatic carbocycles. The Labute approximate surface area is 114 Å². The van der Waals surface area contributed by atoms with Crippen LogP contribution < -0.4 is 10.1 Å². The predicted molar refractivity (Wildman–Crippen MR) is 78.8 cm³/mol. The summed E-state index contributed by atoms with van der Waals surface area (Å²) in [6.07, 6.45) is 4.91. The van der Waals surface area contributed by atoms with Gasteiger partial charge in [0.05, 0.1) is 7.11 Å². The van der Waals surface area contributed by atoms with Crippen LogP contribution in [0.25, 0.3) is 10.9 Å². The van der Waals surface area contributed by atoms with Crippen LogP contribution >= 0.6 is 0 Å². The number of H-pyrrole nitrogens is 1. The third-order valence-corrected chi connectivity index (χ3v) is 4.16. The van der Waals surface area contributed by atoms with Crippen molar-refractivity contribution >= 4 is 10.9 Å². The fourth-order valence-corrected chi connectivity index (χ4v) is 3.15. The Morgan fingerprint density at radius 2 is 2.21 bits per heavy atom. The van der Waals surface area contributed by atoms with Crippen molar-refractivity contribution in [2.75, 3.05) is 13.7 Å². The van der Waals surface area contributed by atoms with E-state index in [0.717, 1.165) is 18.7 Å². The number of rotatable bonds is 3. The quantitative estimate of drug-likeness (QED) is 0.883. The molecule has 2 N–H and O–H groups in total. The summed E-state index contributed by atoms with van der Waals surface area (Å²) in [4.78, 5) is 3.62. The van der Waals surface area contributed by atoms with Crippen molar-refractivity contribution in [3.8, 4) is 5.75 Å². The van der Waals surface area contributed by atoms with Gasteiger partial charge in [-0.05, 0) is 49.6 Å². The molecule has 0 bridgehead atoms. The van der Waals surface area contributed by atoms with Gasteiger partial charge in [0.1, 0.15) is 5.75 Å². The molecule has 1 aliphatic rings. The normalized spacial score (nSPS) is 19.8. The second-order valence-corrected chi connectivity index (χ2v) is 5.28. The Kier molecular flexibility index (Phi) is 3.47. The van der Waals surface area contributed by atoms with Crippen LogP contribution in [0, 0.1) is 0 Å². The van der Waals surface area contributed by atoms with Crippen LogP contribution in [0.4, 0.5) is 0 Å². The van der Waals surface area contributed by atoms with Crippen molar-refractivity contribution < 1.29 is 4.74 Å². The molecule has 0 spiro atoms. The highest BCUT2D eigenvalue weighted by atomic mass is 16.5. The first-order valence-corrected chi connectivity index (χ1v) is 7.25.